The topological polar surface area (TPSA) is 75.2 Å². The molecule has 0 unspecified atom stereocenters. The molecular weight excluding hydrogens is 340 g/mol. The number of carbonyl (C=O) groups is 2. The molecule has 0 aliphatic heterocycles. The Morgan fingerprint density at radius 1 is 0.926 bits per heavy atom. The summed E-state index contributed by atoms with van der Waals surface area (Å²) in [5.41, 5.74) is 2.65. The molecule has 0 aliphatic carbocycles. The van der Waals surface area contributed by atoms with E-state index in [0.717, 1.165) is 11.4 Å². The number of nitrogens with one attached hydrogen (secondary N) is 1. The smallest absolute Gasteiger partial charge is 0.261 e. The van der Waals surface area contributed by atoms with Crippen LogP contribution in [0.3, 0.4) is 0 Å². The van der Waals surface area contributed by atoms with Crippen LogP contribution in [0.1, 0.15) is 34.6 Å². The first kappa shape index (κ1) is 18.3. The number of ketones is 1. The molecule has 2 aromatic carbocycles. The van der Waals surface area contributed by atoms with Crippen LogP contribution in [0.15, 0.2) is 67.0 Å². The largest absolute Gasteiger partial charge is 0.324 e. The van der Waals surface area contributed by atoms with Gasteiger partial charge in [-0.3, -0.25) is 9.59 Å². The predicted molar refractivity (Wildman–Crippen MR) is 106 cm³/mol. The quantitative estimate of drug-likeness (QED) is 0.670. The lowest BCUT2D eigenvalue weighted by Crippen LogP contribution is -2.30. The average Bonchev–Trinajstić information content (AvgIpc) is 2.70. The van der Waals surface area contributed by atoms with E-state index in [2.05, 4.69) is 15.3 Å². The molecule has 0 aliphatic rings. The van der Waals surface area contributed by atoms with Crippen LogP contribution in [-0.2, 0) is 0 Å². The van der Waals surface area contributed by atoms with E-state index in [1.807, 2.05) is 37.3 Å². The Hall–Kier alpha value is -3.54. The molecule has 0 spiro atoms. The molecule has 0 bridgehead atoms. The Morgan fingerprint density at radius 3 is 2.11 bits per heavy atom. The van der Waals surface area contributed by atoms with Crippen LogP contribution in [0.5, 0.6) is 0 Å². The lowest BCUT2D eigenvalue weighted by atomic mass is 10.1. The third-order valence-corrected chi connectivity index (χ3v) is 4.08. The van der Waals surface area contributed by atoms with Gasteiger partial charge in [-0.2, -0.15) is 0 Å². The van der Waals surface area contributed by atoms with Crippen molar-refractivity contribution in [2.45, 2.75) is 13.8 Å². The van der Waals surface area contributed by atoms with E-state index in [0.29, 0.717) is 23.6 Å². The zero-order valence-corrected chi connectivity index (χ0v) is 15.2. The van der Waals surface area contributed by atoms with Crippen LogP contribution in [-0.4, -0.2) is 28.2 Å². The second-order valence-corrected chi connectivity index (χ2v) is 5.94. The molecule has 3 aromatic rings. The van der Waals surface area contributed by atoms with Crippen molar-refractivity contribution in [2.24, 2.45) is 0 Å². The number of aromatic nitrogens is 2. The zero-order valence-electron chi connectivity index (χ0n) is 15.2. The number of rotatable bonds is 6. The summed E-state index contributed by atoms with van der Waals surface area (Å²) in [5.74, 6) is 0.241. The molecule has 0 atom stereocenters. The fourth-order valence-electron chi connectivity index (χ4n) is 2.63. The number of hydrogen-bond donors (Lipinski definition) is 1. The lowest BCUT2D eigenvalue weighted by molar-refractivity contribution is 0.0985. The standard InChI is InChI=1S/C21H20N4O2/c1-3-25(19-7-5-4-6-8-19)20(27)17-13-22-21(23-14-17)24-18-11-9-16(10-12-18)15(2)26/h4-14H,3H2,1-2H3,(H,22,23,24). The molecule has 1 N–H and O–H groups in total. The van der Waals surface area contributed by atoms with E-state index in [4.69, 9.17) is 0 Å². The Kier molecular flexibility index (Phi) is 5.56. The SMILES string of the molecule is CCN(C(=O)c1cnc(Nc2ccc(C(C)=O)cc2)nc1)c1ccccc1. The van der Waals surface area contributed by atoms with Gasteiger partial charge in [0.05, 0.1) is 5.56 Å². The third-order valence-electron chi connectivity index (χ3n) is 4.08. The minimum Gasteiger partial charge on any atom is -0.324 e. The van der Waals surface area contributed by atoms with Crippen molar-refractivity contribution in [1.29, 1.82) is 0 Å². The molecule has 1 heterocycles. The molecule has 0 saturated heterocycles. The van der Waals surface area contributed by atoms with Gasteiger partial charge in [-0.25, -0.2) is 9.97 Å². The van der Waals surface area contributed by atoms with Crippen molar-refractivity contribution in [3.8, 4) is 0 Å². The van der Waals surface area contributed by atoms with Gasteiger partial charge in [0.2, 0.25) is 5.95 Å². The number of amides is 1. The molecule has 27 heavy (non-hydrogen) atoms. The van der Waals surface area contributed by atoms with Gasteiger partial charge in [-0.15, -0.1) is 0 Å². The molecule has 3 rings (SSSR count). The first-order chi connectivity index (χ1) is 13.1. The van der Waals surface area contributed by atoms with E-state index < -0.39 is 0 Å². The Bertz CT molecular complexity index is 923. The van der Waals surface area contributed by atoms with Crippen molar-refractivity contribution < 1.29 is 9.59 Å². The van der Waals surface area contributed by atoms with Crippen molar-refractivity contribution in [2.75, 3.05) is 16.8 Å². The highest BCUT2D eigenvalue weighted by atomic mass is 16.2. The van der Waals surface area contributed by atoms with Gasteiger partial charge in [0.25, 0.3) is 5.91 Å². The monoisotopic (exact) mass is 360 g/mol. The van der Waals surface area contributed by atoms with E-state index >= 15 is 0 Å². The second kappa shape index (κ2) is 8.23. The second-order valence-electron chi connectivity index (χ2n) is 5.94. The summed E-state index contributed by atoms with van der Waals surface area (Å²) < 4.78 is 0. The van der Waals surface area contributed by atoms with Crippen LogP contribution in [0.4, 0.5) is 17.3 Å². The summed E-state index contributed by atoms with van der Waals surface area (Å²) in [4.78, 5) is 34.2. The van der Waals surface area contributed by atoms with E-state index in [1.165, 1.54) is 19.3 Å². The van der Waals surface area contributed by atoms with Gasteiger partial charge >= 0.3 is 0 Å². The summed E-state index contributed by atoms with van der Waals surface area (Å²) in [7, 11) is 0. The number of para-hydroxylation sites is 1. The van der Waals surface area contributed by atoms with E-state index in [1.54, 1.807) is 29.2 Å². The average molecular weight is 360 g/mol. The van der Waals surface area contributed by atoms with Crippen LogP contribution >= 0.6 is 0 Å². The highest BCUT2D eigenvalue weighted by molar-refractivity contribution is 6.05. The lowest BCUT2D eigenvalue weighted by Gasteiger charge is -2.20. The van der Waals surface area contributed by atoms with E-state index in [9.17, 15) is 9.59 Å². The molecule has 1 aromatic heterocycles. The number of nitrogens with zero attached hydrogens (tertiary/aromatic N) is 3. The number of anilines is 3. The molecule has 0 fully saturated rings. The van der Waals surface area contributed by atoms with Gasteiger partial charge in [-0.1, -0.05) is 18.2 Å². The maximum atomic E-state index is 12.7. The van der Waals surface area contributed by atoms with Crippen LogP contribution < -0.4 is 10.2 Å². The van der Waals surface area contributed by atoms with Crippen molar-refractivity contribution in [3.63, 3.8) is 0 Å². The normalized spacial score (nSPS) is 10.3. The third kappa shape index (κ3) is 4.36. The summed E-state index contributed by atoms with van der Waals surface area (Å²) in [6.45, 7) is 3.99. The molecule has 0 saturated carbocycles. The summed E-state index contributed by atoms with van der Waals surface area (Å²) in [5, 5.41) is 3.05. The van der Waals surface area contributed by atoms with Crippen molar-refractivity contribution >= 4 is 29.0 Å². The zero-order chi connectivity index (χ0) is 19.2. The van der Waals surface area contributed by atoms with Crippen molar-refractivity contribution in [1.82, 2.24) is 9.97 Å². The maximum absolute atomic E-state index is 12.7. The summed E-state index contributed by atoms with van der Waals surface area (Å²) >= 11 is 0. The number of carbonyl (C=O) groups excluding carboxylic acids is 2. The fourth-order valence-corrected chi connectivity index (χ4v) is 2.63. The molecule has 1 amide bonds. The highest BCUT2D eigenvalue weighted by Gasteiger charge is 2.16. The Balaban J connectivity index is 1.72. The predicted octanol–water partition coefficient (Wildman–Crippen LogP) is 4.09. The molecule has 136 valence electrons. The number of hydrogen-bond acceptors (Lipinski definition) is 5. The number of benzene rings is 2. The summed E-state index contributed by atoms with van der Waals surface area (Å²) in [6.07, 6.45) is 3.01. The van der Waals surface area contributed by atoms with Gasteiger partial charge in [0.15, 0.2) is 5.78 Å². The van der Waals surface area contributed by atoms with Crippen LogP contribution in [0.25, 0.3) is 0 Å². The minimum atomic E-state index is -0.152. The molecule has 6 heteroatoms. The highest BCUT2D eigenvalue weighted by Crippen LogP contribution is 2.17. The van der Waals surface area contributed by atoms with E-state index in [-0.39, 0.29) is 11.7 Å². The Morgan fingerprint density at radius 2 is 1.56 bits per heavy atom. The van der Waals surface area contributed by atoms with Gasteiger partial charge in [-0.05, 0) is 50.2 Å². The van der Waals surface area contributed by atoms with Gasteiger partial charge in [0.1, 0.15) is 0 Å². The first-order valence-corrected chi connectivity index (χ1v) is 8.65. The molecule has 6 nitrogen and oxygen atoms in total. The fraction of sp³-hybridized carbons (Fsp3) is 0.143. The molecule has 0 radical (unpaired) electrons. The summed E-state index contributed by atoms with van der Waals surface area (Å²) in [6, 6.07) is 16.5. The first-order valence-electron chi connectivity index (χ1n) is 8.65. The Labute approximate surface area is 157 Å². The van der Waals surface area contributed by atoms with Gasteiger partial charge < -0.3 is 10.2 Å². The maximum Gasteiger partial charge on any atom is 0.261 e. The van der Waals surface area contributed by atoms with Crippen LogP contribution in [0, 0.1) is 0 Å². The number of Topliss-reactive ketones (excluding diaryl/α,β-unsaturated/α-hetero) is 1. The van der Waals surface area contributed by atoms with Crippen LogP contribution in [0.2, 0.25) is 0 Å². The van der Waals surface area contributed by atoms with Crippen molar-refractivity contribution in [3.05, 3.63) is 78.1 Å². The molecular formula is C21H20N4O2. The van der Waals surface area contributed by atoms with Gasteiger partial charge in [0, 0.05) is 35.9 Å². The minimum absolute atomic E-state index is 0.0135.